The van der Waals surface area contributed by atoms with Gasteiger partial charge in [0, 0.05) is 5.69 Å². The fraction of sp³-hybridized carbons (Fsp3) is 0.167. The van der Waals surface area contributed by atoms with Gasteiger partial charge in [-0.25, -0.2) is 0 Å². The fourth-order valence-electron chi connectivity index (χ4n) is 2.40. The SMILES string of the molecule is COc1ccc(/C=C2\SC(Nc3cccc(C)c3)NC2=O)cc1O. The number of carbonyl (C=O) groups excluding carboxylic acids is 1. The van der Waals surface area contributed by atoms with Crippen molar-refractivity contribution in [2.45, 2.75) is 12.4 Å². The summed E-state index contributed by atoms with van der Waals surface area (Å²) in [4.78, 5) is 12.7. The van der Waals surface area contributed by atoms with Gasteiger partial charge in [0.2, 0.25) is 0 Å². The standard InChI is InChI=1S/C18H18N2O3S/c1-11-4-3-5-13(8-11)19-18-20-17(22)16(24-18)10-12-6-7-15(23-2)14(21)9-12/h3-10,18-19,21H,1-2H3,(H,20,22)/b16-10-. The number of hydrogen-bond donors (Lipinski definition) is 3. The van der Waals surface area contributed by atoms with E-state index < -0.39 is 0 Å². The molecule has 6 heteroatoms. The molecule has 3 N–H and O–H groups in total. The summed E-state index contributed by atoms with van der Waals surface area (Å²) in [6.07, 6.45) is 1.75. The molecule has 1 heterocycles. The lowest BCUT2D eigenvalue weighted by molar-refractivity contribution is -0.116. The van der Waals surface area contributed by atoms with E-state index in [0.717, 1.165) is 16.8 Å². The minimum Gasteiger partial charge on any atom is -0.504 e. The van der Waals surface area contributed by atoms with Crippen LogP contribution in [0.5, 0.6) is 11.5 Å². The van der Waals surface area contributed by atoms with Gasteiger partial charge in [-0.15, -0.1) is 0 Å². The maximum atomic E-state index is 12.1. The monoisotopic (exact) mass is 342 g/mol. The number of thioether (sulfide) groups is 1. The van der Waals surface area contributed by atoms with E-state index in [1.54, 1.807) is 24.3 Å². The largest absolute Gasteiger partial charge is 0.504 e. The number of carbonyl (C=O) groups is 1. The van der Waals surface area contributed by atoms with Gasteiger partial charge in [-0.2, -0.15) is 0 Å². The van der Waals surface area contributed by atoms with E-state index in [1.165, 1.54) is 18.9 Å². The van der Waals surface area contributed by atoms with Gasteiger partial charge in [0.15, 0.2) is 17.0 Å². The molecule has 1 saturated heterocycles. The number of aromatic hydroxyl groups is 1. The smallest absolute Gasteiger partial charge is 0.260 e. The molecular weight excluding hydrogens is 324 g/mol. The van der Waals surface area contributed by atoms with Gasteiger partial charge in [-0.1, -0.05) is 30.0 Å². The van der Waals surface area contributed by atoms with E-state index >= 15 is 0 Å². The van der Waals surface area contributed by atoms with E-state index in [2.05, 4.69) is 10.6 Å². The van der Waals surface area contributed by atoms with E-state index in [1.807, 2.05) is 31.2 Å². The van der Waals surface area contributed by atoms with Gasteiger partial charge in [0.25, 0.3) is 5.91 Å². The molecule has 0 aromatic heterocycles. The molecule has 2 aromatic carbocycles. The van der Waals surface area contributed by atoms with Crippen molar-refractivity contribution in [3.05, 3.63) is 58.5 Å². The van der Waals surface area contributed by atoms with Crippen molar-refractivity contribution >= 4 is 29.4 Å². The summed E-state index contributed by atoms with van der Waals surface area (Å²) in [5.41, 5.74) is 2.62. The van der Waals surface area contributed by atoms with Gasteiger partial charge in [0.05, 0.1) is 12.0 Å². The Morgan fingerprint density at radius 2 is 2.12 bits per heavy atom. The number of hydrogen-bond acceptors (Lipinski definition) is 5. The Kier molecular flexibility index (Phi) is 4.66. The number of methoxy groups -OCH3 is 1. The highest BCUT2D eigenvalue weighted by atomic mass is 32.2. The molecule has 0 bridgehead atoms. The first-order chi connectivity index (χ1) is 11.5. The number of ether oxygens (including phenoxy) is 1. The molecule has 1 unspecified atom stereocenters. The zero-order chi connectivity index (χ0) is 17.1. The van der Waals surface area contributed by atoms with E-state index in [-0.39, 0.29) is 17.2 Å². The molecule has 0 aliphatic carbocycles. The van der Waals surface area contributed by atoms with Crippen molar-refractivity contribution in [2.75, 3.05) is 12.4 Å². The number of amides is 1. The van der Waals surface area contributed by atoms with Gasteiger partial charge < -0.3 is 20.5 Å². The summed E-state index contributed by atoms with van der Waals surface area (Å²) >= 11 is 1.41. The molecule has 1 amide bonds. The van der Waals surface area contributed by atoms with Crippen LogP contribution in [-0.2, 0) is 4.79 Å². The molecule has 1 aliphatic rings. The molecule has 0 radical (unpaired) electrons. The van der Waals surface area contributed by atoms with Crippen LogP contribution in [0, 0.1) is 6.92 Å². The Hall–Kier alpha value is -2.60. The molecule has 1 atom stereocenters. The zero-order valence-corrected chi connectivity index (χ0v) is 14.2. The number of benzene rings is 2. The summed E-state index contributed by atoms with van der Waals surface area (Å²) in [5.74, 6) is 0.310. The topological polar surface area (TPSA) is 70.6 Å². The molecule has 2 aromatic rings. The van der Waals surface area contributed by atoms with E-state index in [0.29, 0.717) is 10.7 Å². The number of phenols is 1. The van der Waals surface area contributed by atoms with Crippen molar-refractivity contribution in [1.82, 2.24) is 5.32 Å². The van der Waals surface area contributed by atoms with Crippen molar-refractivity contribution < 1.29 is 14.6 Å². The molecular formula is C18H18N2O3S. The second-order valence-electron chi connectivity index (χ2n) is 5.43. The third kappa shape index (κ3) is 3.65. The van der Waals surface area contributed by atoms with Crippen LogP contribution in [0.2, 0.25) is 0 Å². The van der Waals surface area contributed by atoms with Gasteiger partial charge >= 0.3 is 0 Å². The highest BCUT2D eigenvalue weighted by Gasteiger charge is 2.27. The van der Waals surface area contributed by atoms with Crippen LogP contribution in [0.15, 0.2) is 47.4 Å². The van der Waals surface area contributed by atoms with Crippen molar-refractivity contribution in [2.24, 2.45) is 0 Å². The van der Waals surface area contributed by atoms with Crippen molar-refractivity contribution in [3.63, 3.8) is 0 Å². The van der Waals surface area contributed by atoms with Crippen LogP contribution in [0.3, 0.4) is 0 Å². The fourth-order valence-corrected chi connectivity index (χ4v) is 3.38. The summed E-state index contributed by atoms with van der Waals surface area (Å²) in [7, 11) is 1.50. The maximum absolute atomic E-state index is 12.1. The lowest BCUT2D eigenvalue weighted by atomic mass is 10.2. The second-order valence-corrected chi connectivity index (χ2v) is 6.57. The van der Waals surface area contributed by atoms with Crippen LogP contribution >= 0.6 is 11.8 Å². The molecule has 5 nitrogen and oxygen atoms in total. The van der Waals surface area contributed by atoms with Crippen LogP contribution in [-0.4, -0.2) is 23.6 Å². The third-order valence-electron chi connectivity index (χ3n) is 3.55. The number of rotatable bonds is 4. The predicted octanol–water partition coefficient (Wildman–Crippen LogP) is 3.31. The van der Waals surface area contributed by atoms with Gasteiger partial charge in [-0.3, -0.25) is 4.79 Å². The minimum atomic E-state index is -0.225. The lowest BCUT2D eigenvalue weighted by Gasteiger charge is -2.12. The Labute approximate surface area is 144 Å². The van der Waals surface area contributed by atoms with Gasteiger partial charge in [0.1, 0.15) is 0 Å². The van der Waals surface area contributed by atoms with Crippen LogP contribution in [0.4, 0.5) is 5.69 Å². The Balaban J connectivity index is 1.73. The first-order valence-corrected chi connectivity index (χ1v) is 8.32. The number of anilines is 1. The molecule has 124 valence electrons. The molecule has 0 spiro atoms. The summed E-state index contributed by atoms with van der Waals surface area (Å²) in [5, 5.41) is 16.0. The Bertz CT molecular complexity index is 805. The molecule has 1 fully saturated rings. The normalized spacial score (nSPS) is 18.5. The Morgan fingerprint density at radius 3 is 2.83 bits per heavy atom. The van der Waals surface area contributed by atoms with E-state index in [9.17, 15) is 9.90 Å². The Morgan fingerprint density at radius 1 is 1.29 bits per heavy atom. The molecule has 0 saturated carbocycles. The average molecular weight is 342 g/mol. The average Bonchev–Trinajstić information content (AvgIpc) is 2.87. The van der Waals surface area contributed by atoms with Gasteiger partial charge in [-0.05, 0) is 48.4 Å². The molecule has 24 heavy (non-hydrogen) atoms. The summed E-state index contributed by atoms with van der Waals surface area (Å²) < 4.78 is 5.02. The molecule has 1 aliphatic heterocycles. The highest BCUT2D eigenvalue weighted by molar-refractivity contribution is 8.05. The van der Waals surface area contributed by atoms with Crippen molar-refractivity contribution in [3.8, 4) is 11.5 Å². The zero-order valence-electron chi connectivity index (χ0n) is 13.4. The summed E-state index contributed by atoms with van der Waals surface area (Å²) in [6.45, 7) is 2.02. The minimum absolute atomic E-state index is 0.0460. The first kappa shape index (κ1) is 16.3. The third-order valence-corrected chi connectivity index (χ3v) is 4.58. The quantitative estimate of drug-likeness (QED) is 0.744. The van der Waals surface area contributed by atoms with Crippen LogP contribution in [0.1, 0.15) is 11.1 Å². The number of nitrogens with one attached hydrogen (secondary N) is 2. The van der Waals surface area contributed by atoms with E-state index in [4.69, 9.17) is 4.74 Å². The summed E-state index contributed by atoms with van der Waals surface area (Å²) in [6, 6.07) is 13.0. The van der Waals surface area contributed by atoms with Crippen LogP contribution in [0.25, 0.3) is 6.08 Å². The number of aryl methyl sites for hydroxylation is 1. The molecule has 3 rings (SSSR count). The maximum Gasteiger partial charge on any atom is 0.260 e. The number of phenolic OH excluding ortho intramolecular Hbond substituents is 1. The van der Waals surface area contributed by atoms with Crippen LogP contribution < -0.4 is 15.4 Å². The highest BCUT2D eigenvalue weighted by Crippen LogP contribution is 2.32. The van der Waals surface area contributed by atoms with Crippen molar-refractivity contribution in [1.29, 1.82) is 0 Å². The predicted molar refractivity (Wildman–Crippen MR) is 97.0 cm³/mol. The first-order valence-electron chi connectivity index (χ1n) is 7.44. The lowest BCUT2D eigenvalue weighted by Crippen LogP contribution is -2.30. The second kappa shape index (κ2) is 6.88.